The monoisotopic (exact) mass is 498 g/mol. The number of amides is 1. The van der Waals surface area contributed by atoms with Crippen LogP contribution in [0.1, 0.15) is 10.5 Å². The summed E-state index contributed by atoms with van der Waals surface area (Å²) in [6.07, 6.45) is 1.72. The number of aromatic nitrogens is 4. The number of nitrogens with zero attached hydrogens (tertiary/aromatic N) is 4. The lowest BCUT2D eigenvalue weighted by Gasteiger charge is -2.16. The van der Waals surface area contributed by atoms with Crippen molar-refractivity contribution in [3.63, 3.8) is 0 Å². The van der Waals surface area contributed by atoms with Gasteiger partial charge in [-0.2, -0.15) is 0 Å². The van der Waals surface area contributed by atoms with Gasteiger partial charge in [-0.25, -0.2) is 19.9 Å². The number of aliphatic hydroxyl groups is 2. The topological polar surface area (TPSA) is 133 Å². The molecule has 0 saturated carbocycles. The minimum Gasteiger partial charge on any atom is -0.394 e. The van der Waals surface area contributed by atoms with E-state index in [0.29, 0.717) is 17.3 Å². The molecule has 0 spiro atoms. The predicted octanol–water partition coefficient (Wildman–Crippen LogP) is 3.83. The Hall–Kier alpha value is -4.25. The second kappa shape index (κ2) is 10.6. The fourth-order valence-corrected chi connectivity index (χ4v) is 4.51. The van der Waals surface area contributed by atoms with Crippen LogP contribution < -0.4 is 10.6 Å². The number of para-hydroxylation sites is 1. The minimum atomic E-state index is -0.632. The minimum absolute atomic E-state index is 0.127. The first-order valence-corrected chi connectivity index (χ1v) is 12.0. The van der Waals surface area contributed by atoms with E-state index in [0.717, 1.165) is 26.5 Å². The molecule has 9 nitrogen and oxygen atoms in total. The maximum Gasteiger partial charge on any atom is 0.274 e. The number of carbonyl (C=O) groups is 1. The van der Waals surface area contributed by atoms with Gasteiger partial charge in [-0.15, -0.1) is 0 Å². The third-order valence-electron chi connectivity index (χ3n) is 5.36. The SMILES string of the molecule is O=C(Nc1ccccc1-c1nc2cccnc2s1)c1cc(NC(CO)CO)nc(-c2ccccc2)n1. The van der Waals surface area contributed by atoms with E-state index in [2.05, 4.69) is 30.6 Å². The Kier molecular flexibility index (Phi) is 6.89. The van der Waals surface area contributed by atoms with Crippen LogP contribution in [0.3, 0.4) is 0 Å². The lowest BCUT2D eigenvalue weighted by atomic mass is 10.1. The number of thiazole rings is 1. The standard InChI is InChI=1S/C26H22N6O3S/c33-14-17(15-34)28-22-13-21(29-23(32-22)16-7-2-1-3-8-16)24(35)30-19-10-5-4-9-18(19)25-31-20-11-6-12-27-26(20)36-25/h1-13,17,33-34H,14-15H2,(H,30,35)(H,28,29,32). The average Bonchev–Trinajstić information content (AvgIpc) is 3.36. The Balaban J connectivity index is 1.49. The number of pyridine rings is 1. The first kappa shape index (κ1) is 23.5. The summed E-state index contributed by atoms with van der Waals surface area (Å²) in [7, 11) is 0. The molecule has 5 rings (SSSR count). The van der Waals surface area contributed by atoms with E-state index in [1.807, 2.05) is 60.7 Å². The molecule has 0 unspecified atom stereocenters. The Bertz CT molecular complexity index is 1470. The Morgan fingerprint density at radius 1 is 0.917 bits per heavy atom. The van der Waals surface area contributed by atoms with Crippen molar-refractivity contribution >= 4 is 39.1 Å². The highest BCUT2D eigenvalue weighted by Crippen LogP contribution is 2.33. The summed E-state index contributed by atoms with van der Waals surface area (Å²) in [5, 5.41) is 25.6. The van der Waals surface area contributed by atoms with Crippen LogP contribution in [0.2, 0.25) is 0 Å². The Labute approximate surface area is 210 Å². The number of carbonyl (C=O) groups excluding carboxylic acids is 1. The first-order valence-electron chi connectivity index (χ1n) is 11.2. The summed E-state index contributed by atoms with van der Waals surface area (Å²) in [6, 6.07) is 21.3. The van der Waals surface area contributed by atoms with E-state index in [1.54, 1.807) is 12.3 Å². The molecule has 180 valence electrons. The molecule has 0 aliphatic carbocycles. The number of hydrogen-bond acceptors (Lipinski definition) is 9. The molecule has 0 saturated heterocycles. The van der Waals surface area contributed by atoms with Crippen molar-refractivity contribution in [1.82, 2.24) is 19.9 Å². The summed E-state index contributed by atoms with van der Waals surface area (Å²) in [5.41, 5.74) is 2.99. The van der Waals surface area contributed by atoms with Crippen LogP contribution in [0, 0.1) is 0 Å². The van der Waals surface area contributed by atoms with Gasteiger partial charge in [0.2, 0.25) is 0 Å². The quantitative estimate of drug-likeness (QED) is 0.254. The zero-order chi connectivity index (χ0) is 24.9. The molecule has 2 aromatic carbocycles. The van der Waals surface area contributed by atoms with Gasteiger partial charge in [0, 0.05) is 23.4 Å². The molecule has 4 N–H and O–H groups in total. The highest BCUT2D eigenvalue weighted by atomic mass is 32.1. The second-order valence-electron chi connectivity index (χ2n) is 7.88. The maximum atomic E-state index is 13.4. The molecule has 0 bridgehead atoms. The maximum absolute atomic E-state index is 13.4. The van der Waals surface area contributed by atoms with Gasteiger partial charge in [0.25, 0.3) is 5.91 Å². The normalized spacial score (nSPS) is 11.1. The van der Waals surface area contributed by atoms with Gasteiger partial charge in [-0.05, 0) is 24.3 Å². The van der Waals surface area contributed by atoms with E-state index in [1.165, 1.54) is 17.4 Å². The predicted molar refractivity (Wildman–Crippen MR) is 140 cm³/mol. The van der Waals surface area contributed by atoms with Gasteiger partial charge in [0.1, 0.15) is 26.9 Å². The fraction of sp³-hybridized carbons (Fsp3) is 0.115. The highest BCUT2D eigenvalue weighted by molar-refractivity contribution is 7.21. The molecule has 36 heavy (non-hydrogen) atoms. The molecular formula is C26H22N6O3S. The molecule has 5 aromatic rings. The molecule has 1 amide bonds. The molecule has 0 atom stereocenters. The summed E-state index contributed by atoms with van der Waals surface area (Å²) in [4.78, 5) is 32.2. The van der Waals surface area contributed by atoms with E-state index in [-0.39, 0.29) is 18.9 Å². The number of benzene rings is 2. The van der Waals surface area contributed by atoms with Crippen molar-refractivity contribution in [1.29, 1.82) is 0 Å². The molecule has 3 heterocycles. The van der Waals surface area contributed by atoms with Gasteiger partial charge in [-0.3, -0.25) is 4.79 Å². The largest absolute Gasteiger partial charge is 0.394 e. The molecular weight excluding hydrogens is 476 g/mol. The molecule has 3 aromatic heterocycles. The lowest BCUT2D eigenvalue weighted by Crippen LogP contribution is -2.28. The Morgan fingerprint density at radius 3 is 2.47 bits per heavy atom. The molecule has 0 radical (unpaired) electrons. The second-order valence-corrected chi connectivity index (χ2v) is 8.86. The Morgan fingerprint density at radius 2 is 1.69 bits per heavy atom. The van der Waals surface area contributed by atoms with Gasteiger partial charge in [0.15, 0.2) is 5.82 Å². The average molecular weight is 499 g/mol. The van der Waals surface area contributed by atoms with Crippen molar-refractivity contribution in [2.24, 2.45) is 0 Å². The van der Waals surface area contributed by atoms with Gasteiger partial charge in [-0.1, -0.05) is 53.8 Å². The van der Waals surface area contributed by atoms with Crippen molar-refractivity contribution in [2.75, 3.05) is 23.8 Å². The highest BCUT2D eigenvalue weighted by Gasteiger charge is 2.18. The van der Waals surface area contributed by atoms with Crippen LogP contribution in [-0.4, -0.2) is 55.3 Å². The number of nitrogens with one attached hydrogen (secondary N) is 2. The van der Waals surface area contributed by atoms with Gasteiger partial charge >= 0.3 is 0 Å². The third kappa shape index (κ3) is 5.05. The van der Waals surface area contributed by atoms with Crippen molar-refractivity contribution < 1.29 is 15.0 Å². The number of anilines is 2. The van der Waals surface area contributed by atoms with Gasteiger partial charge < -0.3 is 20.8 Å². The van der Waals surface area contributed by atoms with Crippen LogP contribution >= 0.6 is 11.3 Å². The molecule has 0 fully saturated rings. The van der Waals surface area contributed by atoms with Crippen LogP contribution in [0.15, 0.2) is 79.0 Å². The molecule has 0 aliphatic heterocycles. The fourth-order valence-electron chi connectivity index (χ4n) is 3.56. The van der Waals surface area contributed by atoms with Gasteiger partial charge in [0.05, 0.1) is 24.9 Å². The van der Waals surface area contributed by atoms with E-state index in [4.69, 9.17) is 0 Å². The summed E-state index contributed by atoms with van der Waals surface area (Å²) >= 11 is 1.44. The summed E-state index contributed by atoms with van der Waals surface area (Å²) < 4.78 is 0. The third-order valence-corrected chi connectivity index (χ3v) is 6.37. The zero-order valence-corrected chi connectivity index (χ0v) is 19.8. The first-order chi connectivity index (χ1) is 17.6. The van der Waals surface area contributed by atoms with Crippen LogP contribution in [0.4, 0.5) is 11.5 Å². The van der Waals surface area contributed by atoms with E-state index >= 15 is 0 Å². The van der Waals surface area contributed by atoms with Crippen LogP contribution in [0.5, 0.6) is 0 Å². The summed E-state index contributed by atoms with van der Waals surface area (Å²) in [5.74, 6) is 0.215. The summed E-state index contributed by atoms with van der Waals surface area (Å²) in [6.45, 7) is -0.597. The molecule has 10 heteroatoms. The van der Waals surface area contributed by atoms with Crippen LogP contribution in [-0.2, 0) is 0 Å². The lowest BCUT2D eigenvalue weighted by molar-refractivity contribution is 0.102. The number of fused-ring (bicyclic) bond motifs is 1. The van der Waals surface area contributed by atoms with E-state index < -0.39 is 11.9 Å². The number of rotatable bonds is 8. The molecule has 0 aliphatic rings. The van der Waals surface area contributed by atoms with Crippen molar-refractivity contribution in [3.8, 4) is 22.0 Å². The smallest absolute Gasteiger partial charge is 0.274 e. The van der Waals surface area contributed by atoms with Crippen LogP contribution in [0.25, 0.3) is 32.3 Å². The number of aliphatic hydroxyl groups excluding tert-OH is 2. The van der Waals surface area contributed by atoms with Crippen molar-refractivity contribution in [2.45, 2.75) is 6.04 Å². The van der Waals surface area contributed by atoms with E-state index in [9.17, 15) is 15.0 Å². The zero-order valence-electron chi connectivity index (χ0n) is 19.0. The number of hydrogen-bond donors (Lipinski definition) is 4. The van der Waals surface area contributed by atoms with Crippen molar-refractivity contribution in [3.05, 3.63) is 84.7 Å².